The fraction of sp³-hybridized carbons (Fsp3) is 0.526. The predicted octanol–water partition coefficient (Wildman–Crippen LogP) is 3.04. The third-order valence-electron chi connectivity index (χ3n) is 4.68. The summed E-state index contributed by atoms with van der Waals surface area (Å²) in [4.78, 5) is 34.2. The molecule has 0 radical (unpaired) electrons. The number of rotatable bonds is 6. The van der Waals surface area contributed by atoms with E-state index in [4.69, 9.17) is 0 Å². The monoisotopic (exact) mass is 360 g/mol. The lowest BCUT2D eigenvalue weighted by Crippen LogP contribution is -2.51. The molecule has 1 aromatic heterocycles. The number of carbonyl (C=O) groups excluding carboxylic acids is 2. The number of hydrogen-bond donors (Lipinski definition) is 2. The summed E-state index contributed by atoms with van der Waals surface area (Å²) >= 11 is 0. The van der Waals surface area contributed by atoms with E-state index in [2.05, 4.69) is 26.6 Å². The van der Waals surface area contributed by atoms with Gasteiger partial charge in [0.15, 0.2) is 0 Å². The van der Waals surface area contributed by atoms with Crippen LogP contribution in [0.1, 0.15) is 51.2 Å². The molecule has 2 N–H and O–H groups in total. The minimum absolute atomic E-state index is 0.0506. The van der Waals surface area contributed by atoms with Crippen LogP contribution in [0.3, 0.4) is 0 Å². The Kier molecular flexibility index (Phi) is 6.60. The number of likely N-dealkylation sites (tertiary alicyclic amines) is 1. The molecule has 7 heteroatoms. The number of aromatic nitrogens is 2. The highest BCUT2D eigenvalue weighted by Crippen LogP contribution is 2.32. The molecule has 2 unspecified atom stereocenters. The van der Waals surface area contributed by atoms with Gasteiger partial charge in [0.1, 0.15) is 11.9 Å². The molecule has 2 rings (SSSR count). The Morgan fingerprint density at radius 2 is 2.23 bits per heavy atom. The van der Waals surface area contributed by atoms with E-state index >= 15 is 0 Å². The molecule has 0 aromatic carbocycles. The van der Waals surface area contributed by atoms with Gasteiger partial charge in [-0.3, -0.25) is 4.79 Å². The van der Waals surface area contributed by atoms with Gasteiger partial charge in [0, 0.05) is 6.54 Å². The number of nitrogens with one attached hydrogen (secondary N) is 2. The maximum Gasteiger partial charge on any atom is 0.407 e. The van der Waals surface area contributed by atoms with E-state index in [1.165, 1.54) is 7.11 Å². The van der Waals surface area contributed by atoms with Crippen molar-refractivity contribution in [3.63, 3.8) is 0 Å². The number of ether oxygens (including phenoxy) is 1. The first-order valence-corrected chi connectivity index (χ1v) is 8.91. The van der Waals surface area contributed by atoms with Crippen LogP contribution in [0.4, 0.5) is 4.79 Å². The van der Waals surface area contributed by atoms with Crippen molar-refractivity contribution in [1.29, 1.82) is 0 Å². The largest absolute Gasteiger partial charge is 0.453 e. The zero-order chi connectivity index (χ0) is 19.3. The molecule has 0 aliphatic carbocycles. The Morgan fingerprint density at radius 1 is 1.50 bits per heavy atom. The van der Waals surface area contributed by atoms with Crippen LogP contribution in [0.25, 0.3) is 5.57 Å². The molecule has 142 valence electrons. The molecule has 26 heavy (non-hydrogen) atoms. The molecule has 2 heterocycles. The molecule has 0 saturated carbocycles. The summed E-state index contributed by atoms with van der Waals surface area (Å²) in [7, 11) is 1.29. The average Bonchev–Trinajstić information content (AvgIpc) is 3.28. The van der Waals surface area contributed by atoms with E-state index < -0.39 is 12.1 Å². The van der Waals surface area contributed by atoms with Gasteiger partial charge >= 0.3 is 6.09 Å². The number of methoxy groups -OCH3 is 1. The Balaban J connectivity index is 2.22. The molecule has 7 nitrogen and oxygen atoms in total. The van der Waals surface area contributed by atoms with Crippen LogP contribution in [-0.4, -0.2) is 46.6 Å². The second-order valence-corrected chi connectivity index (χ2v) is 6.68. The normalized spacial score (nSPS) is 18.7. The number of carbonyl (C=O) groups is 2. The van der Waals surface area contributed by atoms with Crippen molar-refractivity contribution in [3.05, 3.63) is 36.4 Å². The quantitative estimate of drug-likeness (QED) is 0.763. The Bertz CT molecular complexity index is 693. The molecule has 0 spiro atoms. The highest BCUT2D eigenvalue weighted by molar-refractivity contribution is 5.86. The molecule has 1 aliphatic rings. The van der Waals surface area contributed by atoms with Crippen molar-refractivity contribution in [2.45, 2.75) is 45.7 Å². The Labute approximate surface area is 154 Å². The van der Waals surface area contributed by atoms with E-state index in [9.17, 15) is 9.59 Å². The molecule has 1 fully saturated rings. The minimum Gasteiger partial charge on any atom is -0.453 e. The minimum atomic E-state index is -0.628. The number of allylic oxidation sites excluding steroid dienone is 3. The van der Waals surface area contributed by atoms with E-state index in [0.717, 1.165) is 29.9 Å². The number of alkyl carbamates (subject to hydrolysis) is 1. The standard InChI is InChI=1S/C19H28N4O3/c1-6-13(7-2)14-11-20-17(21-14)15-9-8-10-23(15)18(24)16(12(3)4)22-19(25)26-5/h6-7,11-12,15-16H,1,8-10H2,2-5H3,(H,20,21)(H,22,25)/b13-7+. The lowest BCUT2D eigenvalue weighted by Gasteiger charge is -2.30. The SMILES string of the molecule is C=C/C(=C\C)c1cnc(C2CCCN2C(=O)C(NC(=O)OC)C(C)C)[nH]1. The smallest absolute Gasteiger partial charge is 0.407 e. The number of hydrogen-bond acceptors (Lipinski definition) is 4. The van der Waals surface area contributed by atoms with Crippen LogP contribution in [0, 0.1) is 5.92 Å². The van der Waals surface area contributed by atoms with E-state index in [1.54, 1.807) is 17.2 Å². The van der Waals surface area contributed by atoms with Gasteiger partial charge in [-0.1, -0.05) is 32.6 Å². The highest BCUT2D eigenvalue weighted by atomic mass is 16.5. The van der Waals surface area contributed by atoms with E-state index in [0.29, 0.717) is 6.54 Å². The summed E-state index contributed by atoms with van der Waals surface area (Å²) in [5, 5.41) is 2.65. The summed E-state index contributed by atoms with van der Waals surface area (Å²) in [5.74, 6) is 0.596. The molecule has 1 aromatic rings. The van der Waals surface area contributed by atoms with Crippen molar-refractivity contribution < 1.29 is 14.3 Å². The number of amides is 2. The van der Waals surface area contributed by atoms with Crippen LogP contribution in [0.5, 0.6) is 0 Å². The van der Waals surface area contributed by atoms with Gasteiger partial charge in [-0.15, -0.1) is 0 Å². The Morgan fingerprint density at radius 3 is 2.81 bits per heavy atom. The van der Waals surface area contributed by atoms with Gasteiger partial charge in [0.05, 0.1) is 25.0 Å². The number of aromatic amines is 1. The summed E-state index contributed by atoms with van der Waals surface area (Å²) in [5.41, 5.74) is 1.84. The highest BCUT2D eigenvalue weighted by Gasteiger charge is 2.37. The maximum atomic E-state index is 13.1. The first kappa shape index (κ1) is 19.8. The third-order valence-corrected chi connectivity index (χ3v) is 4.68. The van der Waals surface area contributed by atoms with Crippen LogP contribution < -0.4 is 5.32 Å². The number of nitrogens with zero attached hydrogens (tertiary/aromatic N) is 2. The predicted molar refractivity (Wildman–Crippen MR) is 100 cm³/mol. The van der Waals surface area contributed by atoms with E-state index in [-0.39, 0.29) is 17.9 Å². The third kappa shape index (κ3) is 4.15. The van der Waals surface area contributed by atoms with Crippen molar-refractivity contribution in [2.24, 2.45) is 5.92 Å². The van der Waals surface area contributed by atoms with Gasteiger partial charge in [-0.05, 0) is 31.3 Å². The molecule has 1 aliphatic heterocycles. The molecule has 1 saturated heterocycles. The van der Waals surface area contributed by atoms with Gasteiger partial charge < -0.3 is 19.9 Å². The fourth-order valence-corrected chi connectivity index (χ4v) is 3.23. The first-order valence-electron chi connectivity index (χ1n) is 8.91. The van der Waals surface area contributed by atoms with Crippen LogP contribution in [0.2, 0.25) is 0 Å². The molecular formula is C19H28N4O3. The number of H-pyrrole nitrogens is 1. The summed E-state index contributed by atoms with van der Waals surface area (Å²) < 4.78 is 4.65. The second-order valence-electron chi connectivity index (χ2n) is 6.68. The fourth-order valence-electron chi connectivity index (χ4n) is 3.23. The maximum absolute atomic E-state index is 13.1. The van der Waals surface area contributed by atoms with Crippen molar-refractivity contribution in [1.82, 2.24) is 20.2 Å². The van der Waals surface area contributed by atoms with E-state index in [1.807, 2.05) is 26.8 Å². The Hall–Kier alpha value is -2.57. The molecule has 2 amide bonds. The van der Waals surface area contributed by atoms with Crippen LogP contribution in [0.15, 0.2) is 24.9 Å². The topological polar surface area (TPSA) is 87.3 Å². The lowest BCUT2D eigenvalue weighted by atomic mass is 10.0. The average molecular weight is 360 g/mol. The summed E-state index contributed by atoms with van der Waals surface area (Å²) in [6, 6.07) is -0.753. The van der Waals surface area contributed by atoms with Gasteiger partial charge in [0.2, 0.25) is 5.91 Å². The molecule has 2 atom stereocenters. The number of imidazole rings is 1. The lowest BCUT2D eigenvalue weighted by molar-refractivity contribution is -0.135. The summed E-state index contributed by atoms with van der Waals surface area (Å²) in [6.07, 6.45) is 6.62. The van der Waals surface area contributed by atoms with Gasteiger partial charge in [-0.25, -0.2) is 9.78 Å². The van der Waals surface area contributed by atoms with Crippen molar-refractivity contribution in [3.8, 4) is 0 Å². The molecule has 0 bridgehead atoms. The molecular weight excluding hydrogens is 332 g/mol. The van der Waals surface area contributed by atoms with Crippen LogP contribution in [-0.2, 0) is 9.53 Å². The van der Waals surface area contributed by atoms with Gasteiger partial charge in [-0.2, -0.15) is 0 Å². The zero-order valence-electron chi connectivity index (χ0n) is 15.9. The van der Waals surface area contributed by atoms with Gasteiger partial charge in [0.25, 0.3) is 0 Å². The van der Waals surface area contributed by atoms with Crippen molar-refractivity contribution in [2.75, 3.05) is 13.7 Å². The summed E-state index contributed by atoms with van der Waals surface area (Å²) in [6.45, 7) is 10.2. The van der Waals surface area contributed by atoms with Crippen molar-refractivity contribution >= 4 is 17.6 Å². The second kappa shape index (κ2) is 8.69. The zero-order valence-corrected chi connectivity index (χ0v) is 15.9. The van der Waals surface area contributed by atoms with Crippen LogP contribution >= 0.6 is 0 Å². The first-order chi connectivity index (χ1) is 12.4.